The first-order valence-corrected chi connectivity index (χ1v) is 6.23. The molecular weight excluding hydrogens is 230 g/mol. The maximum absolute atomic E-state index is 10.8. The highest BCUT2D eigenvalue weighted by atomic mass is 16.4. The number of benzene rings is 1. The molecule has 0 aromatic heterocycles. The highest BCUT2D eigenvalue weighted by Gasteiger charge is 2.15. The molecule has 0 saturated carbocycles. The molecule has 0 bridgehead atoms. The summed E-state index contributed by atoms with van der Waals surface area (Å²) in [5.41, 5.74) is 1.23. The summed E-state index contributed by atoms with van der Waals surface area (Å²) >= 11 is 0. The third-order valence-corrected chi connectivity index (χ3v) is 2.93. The Balaban J connectivity index is 2.45. The standard InChI is InChI=1S/C14H21NO3/c1-12(14(17)18)11-15(9-10-16)8-7-13-5-3-2-4-6-13/h2-6,12,16H,7-11H2,1H3,(H,17,18). The van der Waals surface area contributed by atoms with E-state index in [1.165, 1.54) is 5.56 Å². The minimum absolute atomic E-state index is 0.0567. The molecule has 0 amide bonds. The molecule has 18 heavy (non-hydrogen) atoms. The number of carboxylic acid groups (broad SMARTS) is 1. The second-order valence-corrected chi connectivity index (χ2v) is 4.50. The van der Waals surface area contributed by atoms with E-state index in [9.17, 15) is 4.79 Å². The van der Waals surface area contributed by atoms with Crippen molar-refractivity contribution in [2.45, 2.75) is 13.3 Å². The number of hydrogen-bond acceptors (Lipinski definition) is 3. The van der Waals surface area contributed by atoms with Gasteiger partial charge < -0.3 is 10.2 Å². The van der Waals surface area contributed by atoms with Crippen LogP contribution in [0.5, 0.6) is 0 Å². The largest absolute Gasteiger partial charge is 0.481 e. The monoisotopic (exact) mass is 251 g/mol. The highest BCUT2D eigenvalue weighted by Crippen LogP contribution is 2.04. The summed E-state index contributed by atoms with van der Waals surface area (Å²) < 4.78 is 0. The van der Waals surface area contributed by atoms with Gasteiger partial charge in [-0.25, -0.2) is 0 Å². The molecule has 4 heteroatoms. The van der Waals surface area contributed by atoms with Gasteiger partial charge in [0.2, 0.25) is 0 Å². The molecule has 1 atom stereocenters. The van der Waals surface area contributed by atoms with Crippen LogP contribution in [0.4, 0.5) is 0 Å². The Morgan fingerprint density at radius 3 is 2.50 bits per heavy atom. The minimum atomic E-state index is -0.794. The van der Waals surface area contributed by atoms with E-state index in [4.69, 9.17) is 10.2 Å². The fourth-order valence-electron chi connectivity index (χ4n) is 1.83. The fraction of sp³-hybridized carbons (Fsp3) is 0.500. The molecule has 1 rings (SSSR count). The Hall–Kier alpha value is -1.39. The molecule has 1 aromatic rings. The van der Waals surface area contributed by atoms with Crippen LogP contribution in [0, 0.1) is 5.92 Å². The molecule has 0 spiro atoms. The molecule has 4 nitrogen and oxygen atoms in total. The van der Waals surface area contributed by atoms with Gasteiger partial charge in [0.1, 0.15) is 0 Å². The Morgan fingerprint density at radius 2 is 1.94 bits per heavy atom. The summed E-state index contributed by atoms with van der Waals surface area (Å²) in [5.74, 6) is -1.20. The van der Waals surface area contributed by atoms with Gasteiger partial charge in [-0.15, -0.1) is 0 Å². The van der Waals surface area contributed by atoms with E-state index in [1.807, 2.05) is 23.1 Å². The Labute approximate surface area is 108 Å². The minimum Gasteiger partial charge on any atom is -0.481 e. The summed E-state index contributed by atoms with van der Waals surface area (Å²) in [6.45, 7) is 3.51. The van der Waals surface area contributed by atoms with Crippen LogP contribution in [0.15, 0.2) is 30.3 Å². The van der Waals surface area contributed by atoms with Crippen molar-refractivity contribution in [3.05, 3.63) is 35.9 Å². The van der Waals surface area contributed by atoms with Crippen LogP contribution in [-0.4, -0.2) is 47.3 Å². The molecular formula is C14H21NO3. The number of rotatable bonds is 8. The molecule has 100 valence electrons. The van der Waals surface area contributed by atoms with E-state index in [1.54, 1.807) is 6.92 Å². The van der Waals surface area contributed by atoms with Crippen molar-refractivity contribution < 1.29 is 15.0 Å². The second kappa shape index (κ2) is 7.84. The number of aliphatic carboxylic acids is 1. The molecule has 1 aromatic carbocycles. The topological polar surface area (TPSA) is 60.8 Å². The lowest BCUT2D eigenvalue weighted by Gasteiger charge is -2.23. The van der Waals surface area contributed by atoms with Gasteiger partial charge in [0.25, 0.3) is 0 Å². The van der Waals surface area contributed by atoms with Gasteiger partial charge in [0.05, 0.1) is 12.5 Å². The summed E-state index contributed by atoms with van der Waals surface area (Å²) in [6, 6.07) is 10.1. The van der Waals surface area contributed by atoms with Crippen molar-refractivity contribution in [2.24, 2.45) is 5.92 Å². The first kappa shape index (κ1) is 14.7. The Kier molecular flexibility index (Phi) is 6.39. The summed E-state index contributed by atoms with van der Waals surface area (Å²) in [7, 11) is 0. The summed E-state index contributed by atoms with van der Waals surface area (Å²) in [5, 5.41) is 17.9. The van der Waals surface area contributed by atoms with E-state index in [0.29, 0.717) is 13.1 Å². The van der Waals surface area contributed by atoms with Crippen molar-refractivity contribution in [1.29, 1.82) is 0 Å². The maximum atomic E-state index is 10.8. The van der Waals surface area contributed by atoms with Gasteiger partial charge in [-0.05, 0) is 12.0 Å². The smallest absolute Gasteiger partial charge is 0.307 e. The summed E-state index contributed by atoms with van der Waals surface area (Å²) in [6.07, 6.45) is 0.868. The predicted molar refractivity (Wildman–Crippen MR) is 70.5 cm³/mol. The van der Waals surface area contributed by atoms with Crippen molar-refractivity contribution in [2.75, 3.05) is 26.2 Å². The van der Waals surface area contributed by atoms with E-state index in [-0.39, 0.29) is 6.61 Å². The van der Waals surface area contributed by atoms with Crippen LogP contribution in [-0.2, 0) is 11.2 Å². The number of nitrogens with zero attached hydrogens (tertiary/aromatic N) is 1. The lowest BCUT2D eigenvalue weighted by molar-refractivity contribution is -0.141. The van der Waals surface area contributed by atoms with Gasteiger partial charge in [0.15, 0.2) is 0 Å². The van der Waals surface area contributed by atoms with Gasteiger partial charge >= 0.3 is 5.97 Å². The van der Waals surface area contributed by atoms with Gasteiger partial charge in [0, 0.05) is 19.6 Å². The van der Waals surface area contributed by atoms with E-state index >= 15 is 0 Å². The number of carboxylic acids is 1. The van der Waals surface area contributed by atoms with Crippen molar-refractivity contribution in [1.82, 2.24) is 4.90 Å². The quantitative estimate of drug-likeness (QED) is 0.730. The average molecular weight is 251 g/mol. The molecule has 0 radical (unpaired) electrons. The highest BCUT2D eigenvalue weighted by molar-refractivity contribution is 5.69. The van der Waals surface area contributed by atoms with Gasteiger partial charge in [-0.1, -0.05) is 37.3 Å². The van der Waals surface area contributed by atoms with Crippen LogP contribution in [0.3, 0.4) is 0 Å². The fourth-order valence-corrected chi connectivity index (χ4v) is 1.83. The SMILES string of the molecule is CC(CN(CCO)CCc1ccccc1)C(=O)O. The normalized spacial score (nSPS) is 12.6. The van der Waals surface area contributed by atoms with E-state index in [0.717, 1.165) is 13.0 Å². The summed E-state index contributed by atoms with van der Waals surface area (Å²) in [4.78, 5) is 12.8. The van der Waals surface area contributed by atoms with Crippen LogP contribution in [0.25, 0.3) is 0 Å². The van der Waals surface area contributed by atoms with Crippen LogP contribution >= 0.6 is 0 Å². The van der Waals surface area contributed by atoms with Gasteiger partial charge in [-0.2, -0.15) is 0 Å². The average Bonchev–Trinajstić information content (AvgIpc) is 2.37. The van der Waals surface area contributed by atoms with Crippen molar-refractivity contribution in [3.8, 4) is 0 Å². The molecule has 0 heterocycles. The number of aliphatic hydroxyl groups excluding tert-OH is 1. The molecule has 0 aliphatic carbocycles. The molecule has 0 aliphatic rings. The number of carbonyl (C=O) groups is 1. The molecule has 0 fully saturated rings. The van der Waals surface area contributed by atoms with E-state index in [2.05, 4.69) is 12.1 Å². The predicted octanol–water partition coefficient (Wildman–Crippen LogP) is 1.24. The Bertz CT molecular complexity index is 353. The molecule has 0 aliphatic heterocycles. The van der Waals surface area contributed by atoms with Crippen molar-refractivity contribution in [3.63, 3.8) is 0 Å². The second-order valence-electron chi connectivity index (χ2n) is 4.50. The number of aliphatic hydroxyl groups is 1. The lowest BCUT2D eigenvalue weighted by Crippen LogP contribution is -2.35. The van der Waals surface area contributed by atoms with Crippen LogP contribution < -0.4 is 0 Å². The maximum Gasteiger partial charge on any atom is 0.307 e. The lowest BCUT2D eigenvalue weighted by atomic mass is 10.1. The zero-order valence-electron chi connectivity index (χ0n) is 10.7. The zero-order valence-corrected chi connectivity index (χ0v) is 10.7. The van der Waals surface area contributed by atoms with E-state index < -0.39 is 11.9 Å². The van der Waals surface area contributed by atoms with Crippen LogP contribution in [0.2, 0.25) is 0 Å². The first-order chi connectivity index (χ1) is 8.63. The molecule has 1 unspecified atom stereocenters. The zero-order chi connectivity index (χ0) is 13.4. The first-order valence-electron chi connectivity index (χ1n) is 6.23. The van der Waals surface area contributed by atoms with Crippen LogP contribution in [0.1, 0.15) is 12.5 Å². The molecule has 2 N–H and O–H groups in total. The Morgan fingerprint density at radius 1 is 1.28 bits per heavy atom. The third kappa shape index (κ3) is 5.29. The molecule has 0 saturated heterocycles. The third-order valence-electron chi connectivity index (χ3n) is 2.93. The number of hydrogen-bond donors (Lipinski definition) is 2. The van der Waals surface area contributed by atoms with Gasteiger partial charge in [-0.3, -0.25) is 9.69 Å². The van der Waals surface area contributed by atoms with Crippen molar-refractivity contribution >= 4 is 5.97 Å².